The zero-order valence-electron chi connectivity index (χ0n) is 4.98. The van der Waals surface area contributed by atoms with E-state index in [-0.39, 0.29) is 0 Å². The number of hydrogen-bond acceptors (Lipinski definition) is 1. The summed E-state index contributed by atoms with van der Waals surface area (Å²) in [7, 11) is 0. The minimum absolute atomic E-state index is 1.22. The van der Waals surface area contributed by atoms with Crippen molar-refractivity contribution in [2.24, 2.45) is 0 Å². The van der Waals surface area contributed by atoms with Crippen LogP contribution in [0.25, 0.3) is 0 Å². The Morgan fingerprint density at radius 1 is 1.57 bits per heavy atom. The monoisotopic (exact) mass is 116 g/mol. The van der Waals surface area contributed by atoms with Gasteiger partial charge in [-0.3, -0.25) is 0 Å². The Hall–Kier alpha value is 0.0900. The summed E-state index contributed by atoms with van der Waals surface area (Å²) in [6.45, 7) is 2.06. The largest absolute Gasteiger partial charge is 0.165 e. The van der Waals surface area contributed by atoms with Gasteiger partial charge in [0.1, 0.15) is 0 Å². The highest BCUT2D eigenvalue weighted by molar-refractivity contribution is 7.98. The van der Waals surface area contributed by atoms with Gasteiger partial charge in [-0.15, -0.1) is 0 Å². The van der Waals surface area contributed by atoms with Gasteiger partial charge >= 0.3 is 0 Å². The first-order valence-electron chi connectivity index (χ1n) is 2.52. The third kappa shape index (κ3) is 6.09. The summed E-state index contributed by atoms with van der Waals surface area (Å²) in [6, 6.07) is 0. The van der Waals surface area contributed by atoms with Gasteiger partial charge in [0.05, 0.1) is 0 Å². The molecule has 0 fully saturated rings. The summed E-state index contributed by atoms with van der Waals surface area (Å²) in [4.78, 5) is 0. The van der Waals surface area contributed by atoms with Crippen molar-refractivity contribution in [3.05, 3.63) is 12.2 Å². The van der Waals surface area contributed by atoms with Crippen LogP contribution in [-0.2, 0) is 0 Å². The van der Waals surface area contributed by atoms with E-state index in [1.807, 2.05) is 11.8 Å². The normalized spacial score (nSPS) is 10.6. The maximum Gasteiger partial charge on any atom is -0.00357 e. The highest BCUT2D eigenvalue weighted by atomic mass is 32.2. The summed E-state index contributed by atoms with van der Waals surface area (Å²) in [6.07, 6.45) is 7.63. The lowest BCUT2D eigenvalue weighted by Crippen LogP contribution is -1.68. The van der Waals surface area contributed by atoms with Gasteiger partial charge in [0, 0.05) is 0 Å². The lowest BCUT2D eigenvalue weighted by Gasteiger charge is -1.84. The molecule has 0 aliphatic heterocycles. The molecule has 0 aromatic rings. The number of allylic oxidation sites excluding steroid dienone is 2. The molecule has 0 amide bonds. The molecule has 0 aliphatic rings. The van der Waals surface area contributed by atoms with Crippen LogP contribution in [0.5, 0.6) is 0 Å². The van der Waals surface area contributed by atoms with E-state index in [4.69, 9.17) is 0 Å². The maximum atomic E-state index is 2.19. The van der Waals surface area contributed by atoms with Gasteiger partial charge in [-0.05, 0) is 25.4 Å². The van der Waals surface area contributed by atoms with Crippen molar-refractivity contribution in [2.45, 2.75) is 13.3 Å². The molecule has 0 heterocycles. The van der Waals surface area contributed by atoms with E-state index in [9.17, 15) is 0 Å². The highest BCUT2D eigenvalue weighted by Crippen LogP contribution is 1.94. The Bertz CT molecular complexity index is 48.1. The minimum Gasteiger partial charge on any atom is -0.165 e. The molecule has 7 heavy (non-hydrogen) atoms. The molecule has 0 bridgehead atoms. The molecule has 0 N–H and O–H groups in total. The van der Waals surface area contributed by atoms with Crippen LogP contribution in [0.4, 0.5) is 0 Å². The van der Waals surface area contributed by atoms with Gasteiger partial charge in [-0.1, -0.05) is 12.2 Å². The van der Waals surface area contributed by atoms with Crippen LogP contribution in [0.15, 0.2) is 12.2 Å². The zero-order valence-corrected chi connectivity index (χ0v) is 5.79. The quantitative estimate of drug-likeness (QED) is 0.403. The van der Waals surface area contributed by atoms with Crippen LogP contribution < -0.4 is 0 Å². The van der Waals surface area contributed by atoms with Gasteiger partial charge in [-0.25, -0.2) is 0 Å². The van der Waals surface area contributed by atoms with E-state index in [1.54, 1.807) is 0 Å². The molecule has 0 saturated carbocycles. The van der Waals surface area contributed by atoms with Crippen molar-refractivity contribution < 1.29 is 0 Å². The van der Waals surface area contributed by atoms with Crippen molar-refractivity contribution in [3.63, 3.8) is 0 Å². The average Bonchev–Trinajstić information content (AvgIpc) is 1.69. The van der Waals surface area contributed by atoms with E-state index in [1.165, 1.54) is 12.2 Å². The number of thioether (sulfide) groups is 1. The molecular weight excluding hydrogens is 104 g/mol. The lowest BCUT2D eigenvalue weighted by atomic mass is 10.4. The van der Waals surface area contributed by atoms with Crippen LogP contribution in [0.2, 0.25) is 0 Å². The van der Waals surface area contributed by atoms with Crippen LogP contribution in [0.1, 0.15) is 13.3 Å². The van der Waals surface area contributed by atoms with Crippen molar-refractivity contribution >= 4 is 11.8 Å². The second kappa shape index (κ2) is 6.09. The molecule has 0 nitrogen and oxygen atoms in total. The Morgan fingerprint density at radius 3 is 2.71 bits per heavy atom. The first-order valence-corrected chi connectivity index (χ1v) is 3.91. The Kier molecular flexibility index (Phi) is 6.17. The SMILES string of the molecule is C/C=C/CCSC. The molecule has 0 atom stereocenters. The third-order valence-electron chi connectivity index (χ3n) is 0.724. The summed E-state index contributed by atoms with van der Waals surface area (Å²) in [5, 5.41) is 0. The van der Waals surface area contributed by atoms with E-state index in [0.717, 1.165) is 0 Å². The van der Waals surface area contributed by atoms with Gasteiger partial charge in [0.25, 0.3) is 0 Å². The summed E-state index contributed by atoms with van der Waals surface area (Å²) < 4.78 is 0. The van der Waals surface area contributed by atoms with Gasteiger partial charge < -0.3 is 0 Å². The highest BCUT2D eigenvalue weighted by Gasteiger charge is 1.72. The van der Waals surface area contributed by atoms with E-state index in [2.05, 4.69) is 25.3 Å². The summed E-state index contributed by atoms with van der Waals surface area (Å²) in [5.74, 6) is 1.25. The molecule has 0 unspecified atom stereocenters. The molecule has 0 radical (unpaired) electrons. The van der Waals surface area contributed by atoms with Crippen molar-refractivity contribution in [2.75, 3.05) is 12.0 Å². The van der Waals surface area contributed by atoms with Gasteiger partial charge in [0.2, 0.25) is 0 Å². The molecule has 0 aromatic heterocycles. The third-order valence-corrected chi connectivity index (χ3v) is 1.37. The van der Waals surface area contributed by atoms with Crippen LogP contribution in [0, 0.1) is 0 Å². The minimum atomic E-state index is 1.22. The Balaban J connectivity index is 2.69. The maximum absolute atomic E-state index is 2.19. The summed E-state index contributed by atoms with van der Waals surface area (Å²) in [5.41, 5.74) is 0. The second-order valence-electron chi connectivity index (χ2n) is 1.35. The van der Waals surface area contributed by atoms with Crippen molar-refractivity contribution in [3.8, 4) is 0 Å². The fourth-order valence-electron chi connectivity index (χ4n) is 0.353. The Labute approximate surface area is 50.0 Å². The average molecular weight is 116 g/mol. The van der Waals surface area contributed by atoms with Gasteiger partial charge in [-0.2, -0.15) is 11.8 Å². The molecule has 1 heteroatoms. The molecule has 0 spiro atoms. The van der Waals surface area contributed by atoms with Crippen LogP contribution in [0.3, 0.4) is 0 Å². The van der Waals surface area contributed by atoms with E-state index < -0.39 is 0 Å². The molecule has 0 aliphatic carbocycles. The smallest absolute Gasteiger partial charge is 0.00357 e. The predicted octanol–water partition coefficient (Wildman–Crippen LogP) is 2.32. The van der Waals surface area contributed by atoms with Crippen molar-refractivity contribution in [1.82, 2.24) is 0 Å². The van der Waals surface area contributed by atoms with Gasteiger partial charge in [0.15, 0.2) is 0 Å². The van der Waals surface area contributed by atoms with Crippen molar-refractivity contribution in [1.29, 1.82) is 0 Å². The topological polar surface area (TPSA) is 0 Å². The summed E-state index contributed by atoms with van der Waals surface area (Å²) >= 11 is 1.89. The molecule has 0 saturated heterocycles. The van der Waals surface area contributed by atoms with Crippen LogP contribution in [-0.4, -0.2) is 12.0 Å². The van der Waals surface area contributed by atoms with Crippen LogP contribution >= 0.6 is 11.8 Å². The first-order chi connectivity index (χ1) is 3.41. The number of hydrogen-bond donors (Lipinski definition) is 0. The Morgan fingerprint density at radius 2 is 2.29 bits per heavy atom. The first kappa shape index (κ1) is 7.09. The van der Waals surface area contributed by atoms with E-state index in [0.29, 0.717) is 0 Å². The fraction of sp³-hybridized carbons (Fsp3) is 0.667. The standard InChI is InChI=1S/C6H12S/c1-3-4-5-6-7-2/h3-4H,5-6H2,1-2H3/b4-3+. The predicted molar refractivity (Wildman–Crippen MR) is 37.8 cm³/mol. The van der Waals surface area contributed by atoms with E-state index >= 15 is 0 Å². The molecule has 0 aromatic carbocycles. The molecular formula is C6H12S. The second-order valence-corrected chi connectivity index (χ2v) is 2.34. The molecule has 42 valence electrons. The zero-order chi connectivity index (χ0) is 5.54. The lowest BCUT2D eigenvalue weighted by molar-refractivity contribution is 1.24. The number of rotatable bonds is 3. The molecule has 0 rings (SSSR count). The fourth-order valence-corrected chi connectivity index (χ4v) is 0.724.